The van der Waals surface area contributed by atoms with Crippen LogP contribution in [0.5, 0.6) is 5.75 Å². The van der Waals surface area contributed by atoms with Crippen LogP contribution in [0, 0.1) is 5.92 Å². The lowest BCUT2D eigenvalue weighted by Gasteiger charge is -2.39. The smallest absolute Gasteiger partial charge is 0.336 e. The number of ether oxygens (including phenoxy) is 3. The number of hydrogen-bond acceptors (Lipinski definition) is 8. The molecule has 1 aromatic carbocycles. The van der Waals surface area contributed by atoms with E-state index in [1.807, 2.05) is 48.0 Å². The molecule has 1 N–H and O–H groups in total. The highest BCUT2D eigenvalue weighted by Crippen LogP contribution is 2.49. The molecule has 1 aliphatic heterocycles. The summed E-state index contributed by atoms with van der Waals surface area (Å²) in [7, 11) is 1.57. The summed E-state index contributed by atoms with van der Waals surface area (Å²) in [5.41, 5.74) is 3.72. The second-order valence-electron chi connectivity index (χ2n) is 8.41. The first kappa shape index (κ1) is 24.7. The van der Waals surface area contributed by atoms with Crippen molar-refractivity contribution >= 4 is 29.1 Å². The van der Waals surface area contributed by atoms with Gasteiger partial charge in [-0.1, -0.05) is 18.2 Å². The van der Waals surface area contributed by atoms with E-state index in [2.05, 4.69) is 5.32 Å². The highest BCUT2D eigenvalue weighted by atomic mass is 32.1. The number of thiophene rings is 1. The summed E-state index contributed by atoms with van der Waals surface area (Å²) < 4.78 is 16.3. The van der Waals surface area contributed by atoms with E-state index in [4.69, 9.17) is 14.2 Å². The third-order valence-corrected chi connectivity index (χ3v) is 7.17. The van der Waals surface area contributed by atoms with Gasteiger partial charge in [0.1, 0.15) is 11.7 Å². The minimum Gasteiger partial charge on any atom is -0.496 e. The Morgan fingerprint density at radius 1 is 1.11 bits per heavy atom. The summed E-state index contributed by atoms with van der Waals surface area (Å²) in [4.78, 5) is 40.4. The monoisotopic (exact) mass is 495 g/mol. The Morgan fingerprint density at radius 3 is 2.51 bits per heavy atom. The molecule has 2 aromatic rings. The molecule has 184 valence electrons. The zero-order chi connectivity index (χ0) is 25.1. The molecule has 35 heavy (non-hydrogen) atoms. The summed E-state index contributed by atoms with van der Waals surface area (Å²) in [6, 6.07) is 9.30. The number of benzene rings is 1. The van der Waals surface area contributed by atoms with Gasteiger partial charge in [-0.15, -0.1) is 0 Å². The van der Waals surface area contributed by atoms with Gasteiger partial charge in [-0.25, -0.2) is 4.79 Å². The fourth-order valence-corrected chi connectivity index (χ4v) is 5.74. The van der Waals surface area contributed by atoms with Gasteiger partial charge in [-0.05, 0) is 61.2 Å². The summed E-state index contributed by atoms with van der Waals surface area (Å²) in [5.74, 6) is -2.97. The number of ketones is 1. The van der Waals surface area contributed by atoms with E-state index in [9.17, 15) is 14.4 Å². The third kappa shape index (κ3) is 4.50. The average molecular weight is 496 g/mol. The number of Topliss-reactive ketones (excluding diaryl/α,β-unsaturated/α-hetero) is 1. The molecule has 1 aromatic heterocycles. The van der Waals surface area contributed by atoms with Gasteiger partial charge in [-0.3, -0.25) is 9.59 Å². The minimum atomic E-state index is -1.06. The number of allylic oxidation sites excluding steroid dienone is 3. The maximum atomic E-state index is 14.2. The predicted molar refractivity (Wildman–Crippen MR) is 132 cm³/mol. The second kappa shape index (κ2) is 10.5. The zero-order valence-electron chi connectivity index (χ0n) is 20.3. The lowest BCUT2D eigenvalue weighted by molar-refractivity contribution is -0.152. The van der Waals surface area contributed by atoms with Gasteiger partial charge in [0, 0.05) is 28.8 Å². The van der Waals surface area contributed by atoms with Crippen molar-refractivity contribution in [2.45, 2.75) is 39.0 Å². The van der Waals surface area contributed by atoms with Crippen LogP contribution in [-0.2, 0) is 23.9 Å². The summed E-state index contributed by atoms with van der Waals surface area (Å²) in [6.07, 6.45) is 0.388. The maximum absolute atomic E-state index is 14.2. The minimum absolute atomic E-state index is 0.159. The second-order valence-corrected chi connectivity index (χ2v) is 9.19. The van der Waals surface area contributed by atoms with Crippen LogP contribution in [0.25, 0.3) is 0 Å². The first-order valence-electron chi connectivity index (χ1n) is 11.7. The van der Waals surface area contributed by atoms with Crippen molar-refractivity contribution < 1.29 is 28.6 Å². The Morgan fingerprint density at radius 2 is 1.86 bits per heavy atom. The molecule has 0 saturated heterocycles. The number of dihydropyridines is 1. The molecule has 4 rings (SSSR count). The van der Waals surface area contributed by atoms with Crippen LogP contribution >= 0.6 is 11.3 Å². The number of para-hydroxylation sites is 1. The number of rotatable bonds is 7. The normalized spacial score (nSPS) is 21.8. The third-order valence-electron chi connectivity index (χ3n) is 6.47. The molecule has 3 atom stereocenters. The van der Waals surface area contributed by atoms with Gasteiger partial charge in [0.15, 0.2) is 5.78 Å². The first-order valence-corrected chi connectivity index (χ1v) is 12.6. The van der Waals surface area contributed by atoms with Gasteiger partial charge in [-0.2, -0.15) is 11.3 Å². The van der Waals surface area contributed by atoms with Crippen molar-refractivity contribution in [2.75, 3.05) is 20.3 Å². The fraction of sp³-hybridized carbons (Fsp3) is 0.370. The molecule has 2 aliphatic rings. The summed E-state index contributed by atoms with van der Waals surface area (Å²) in [5, 5.41) is 7.14. The molecule has 2 heterocycles. The zero-order valence-corrected chi connectivity index (χ0v) is 21.1. The molecule has 0 spiro atoms. The quantitative estimate of drug-likeness (QED) is 0.448. The van der Waals surface area contributed by atoms with E-state index in [0.717, 1.165) is 11.1 Å². The van der Waals surface area contributed by atoms with Crippen LogP contribution in [0.1, 0.15) is 50.2 Å². The predicted octanol–water partition coefficient (Wildman–Crippen LogP) is 4.47. The Hall–Kier alpha value is -3.39. The number of carbonyl (C=O) groups excluding carboxylic acids is 3. The van der Waals surface area contributed by atoms with Crippen molar-refractivity contribution in [2.24, 2.45) is 5.92 Å². The highest BCUT2D eigenvalue weighted by molar-refractivity contribution is 7.08. The molecular formula is C27H29NO6S. The molecule has 1 aliphatic carbocycles. The van der Waals surface area contributed by atoms with Crippen molar-refractivity contribution in [1.29, 1.82) is 0 Å². The van der Waals surface area contributed by atoms with Gasteiger partial charge >= 0.3 is 11.9 Å². The van der Waals surface area contributed by atoms with E-state index in [0.29, 0.717) is 34.7 Å². The van der Waals surface area contributed by atoms with Crippen LogP contribution in [0.2, 0.25) is 0 Å². The van der Waals surface area contributed by atoms with Crippen molar-refractivity contribution in [3.8, 4) is 5.75 Å². The molecule has 0 fully saturated rings. The Bertz CT molecular complexity index is 1200. The average Bonchev–Trinajstić information content (AvgIpc) is 3.38. The van der Waals surface area contributed by atoms with Crippen LogP contribution in [0.3, 0.4) is 0 Å². The fourth-order valence-electron chi connectivity index (χ4n) is 5.05. The van der Waals surface area contributed by atoms with Gasteiger partial charge in [0.2, 0.25) is 0 Å². The molecule has 7 nitrogen and oxygen atoms in total. The van der Waals surface area contributed by atoms with Crippen LogP contribution in [0.15, 0.2) is 63.6 Å². The number of esters is 2. The molecule has 8 heteroatoms. The number of methoxy groups -OCH3 is 1. The Labute approximate surface area is 208 Å². The van der Waals surface area contributed by atoms with E-state index >= 15 is 0 Å². The van der Waals surface area contributed by atoms with Gasteiger partial charge in [0.05, 0.1) is 25.9 Å². The van der Waals surface area contributed by atoms with Gasteiger partial charge < -0.3 is 19.5 Å². The number of hydrogen-bond donors (Lipinski definition) is 1. The van der Waals surface area contributed by atoms with Crippen LogP contribution in [-0.4, -0.2) is 38.0 Å². The molecule has 0 amide bonds. The first-order chi connectivity index (χ1) is 16.9. The topological polar surface area (TPSA) is 90.9 Å². The lowest BCUT2D eigenvalue weighted by Crippen LogP contribution is -2.43. The molecule has 0 unspecified atom stereocenters. The van der Waals surface area contributed by atoms with Crippen molar-refractivity contribution in [1.82, 2.24) is 5.32 Å². The Balaban J connectivity index is 1.89. The van der Waals surface area contributed by atoms with E-state index < -0.39 is 29.7 Å². The van der Waals surface area contributed by atoms with Crippen molar-refractivity contribution in [3.63, 3.8) is 0 Å². The SMILES string of the molecule is CCOC(=O)C1=C(C)NC2=C(C(=O)[C@H](C(=O)OCC)[C@@H](c3ccccc3OC)C2)[C@H]1c1ccsc1. The standard InChI is InChI=1S/C27H29NO6S/c1-5-33-26(30)21-15(3)28-19-13-18(17-9-7-8-10-20(17)32-4)23(27(31)34-6-2)25(29)24(19)22(21)16-11-12-35-14-16/h7-12,14,18,22-23,28H,5-6,13H2,1-4H3/t18-,22+,23-/m1/s1. The number of carbonyl (C=O) groups is 3. The lowest BCUT2D eigenvalue weighted by atomic mass is 9.67. The molecule has 0 radical (unpaired) electrons. The highest BCUT2D eigenvalue weighted by Gasteiger charge is 2.49. The van der Waals surface area contributed by atoms with Gasteiger partial charge in [0.25, 0.3) is 0 Å². The van der Waals surface area contributed by atoms with E-state index in [1.165, 1.54) is 11.3 Å². The van der Waals surface area contributed by atoms with Crippen LogP contribution < -0.4 is 10.1 Å². The Kier molecular flexibility index (Phi) is 7.40. The van der Waals surface area contributed by atoms with Crippen molar-refractivity contribution in [3.05, 3.63) is 74.8 Å². The molecule has 0 bridgehead atoms. The van der Waals surface area contributed by atoms with E-state index in [1.54, 1.807) is 21.0 Å². The van der Waals surface area contributed by atoms with E-state index in [-0.39, 0.29) is 19.0 Å². The maximum Gasteiger partial charge on any atom is 0.336 e. The summed E-state index contributed by atoms with van der Waals surface area (Å²) in [6.45, 7) is 5.65. The summed E-state index contributed by atoms with van der Waals surface area (Å²) >= 11 is 1.48. The molecule has 0 saturated carbocycles. The number of nitrogens with one attached hydrogen (secondary N) is 1. The van der Waals surface area contributed by atoms with Crippen LogP contribution in [0.4, 0.5) is 0 Å². The largest absolute Gasteiger partial charge is 0.496 e. The molecular weight excluding hydrogens is 466 g/mol.